The van der Waals surface area contributed by atoms with Gasteiger partial charge in [-0.25, -0.2) is 38.8 Å². The number of rotatable bonds is 8. The SMILES string of the molecule is CC(C)(C)[S@@](=O)N[C@@H]1c2ccccc2CC12CCN(c1cnc(Sc3ccnc(N)c3Cl)c(N)n1)CC2.Nc1nc(N2CCC3(CC2)Cc2ccccc2[C@H]3N)cnc1Sc1ccnc(N)c1Cl. The molecule has 4 aliphatic rings. The summed E-state index contributed by atoms with van der Waals surface area (Å²) in [5.41, 5.74) is 36.3. The summed E-state index contributed by atoms with van der Waals surface area (Å²) in [7, 11) is -1.16. The van der Waals surface area contributed by atoms with Crippen LogP contribution in [0, 0.1) is 10.8 Å². The minimum atomic E-state index is -1.16. The van der Waals surface area contributed by atoms with Crippen LogP contribution in [-0.4, -0.2) is 65.0 Å². The van der Waals surface area contributed by atoms with Crippen LogP contribution in [0.15, 0.2) is 105 Å². The fraction of sp³-hybridized carbons (Fsp3) is 0.375. The van der Waals surface area contributed by atoms with Crippen LogP contribution in [0.2, 0.25) is 10.0 Å². The molecular formula is C48H56Cl2N14OS3. The Bertz CT molecular complexity index is 2850. The number of halogens is 2. The predicted octanol–water partition coefficient (Wildman–Crippen LogP) is 8.46. The van der Waals surface area contributed by atoms with Gasteiger partial charge >= 0.3 is 0 Å². The number of anilines is 6. The summed E-state index contributed by atoms with van der Waals surface area (Å²) in [5, 5.41) is 1.95. The molecule has 0 unspecified atom stereocenters. The van der Waals surface area contributed by atoms with Crippen molar-refractivity contribution < 1.29 is 4.21 Å². The number of nitrogens with one attached hydrogen (secondary N) is 1. The second kappa shape index (κ2) is 19.4. The maximum atomic E-state index is 13.1. The van der Waals surface area contributed by atoms with Crippen molar-refractivity contribution in [2.75, 3.05) is 58.9 Å². The predicted molar refractivity (Wildman–Crippen MR) is 277 cm³/mol. The first-order chi connectivity index (χ1) is 32.5. The van der Waals surface area contributed by atoms with Crippen LogP contribution >= 0.6 is 46.7 Å². The first-order valence-electron chi connectivity index (χ1n) is 22.5. The highest BCUT2D eigenvalue weighted by Gasteiger charge is 2.49. The zero-order chi connectivity index (χ0) is 48.0. The van der Waals surface area contributed by atoms with Gasteiger partial charge in [-0.2, -0.15) is 0 Å². The largest absolute Gasteiger partial charge is 0.382 e. The maximum Gasteiger partial charge on any atom is 0.158 e. The molecule has 6 heterocycles. The minimum absolute atomic E-state index is 0.00782. The zero-order valence-corrected chi connectivity index (χ0v) is 42.1. The van der Waals surface area contributed by atoms with E-state index in [9.17, 15) is 4.21 Å². The first kappa shape index (κ1) is 48.1. The van der Waals surface area contributed by atoms with Crippen molar-refractivity contribution in [2.45, 2.75) is 96.0 Å². The molecule has 11 N–H and O–H groups in total. The Morgan fingerprint density at radius 2 is 1.09 bits per heavy atom. The lowest BCUT2D eigenvalue weighted by Gasteiger charge is -2.44. The number of aromatic nitrogens is 6. The summed E-state index contributed by atoms with van der Waals surface area (Å²) in [6.07, 6.45) is 12.7. The molecule has 15 nitrogen and oxygen atoms in total. The number of nitrogen functional groups attached to an aromatic ring is 4. The molecule has 2 fully saturated rings. The lowest BCUT2D eigenvalue weighted by molar-refractivity contribution is 0.177. The third-order valence-electron chi connectivity index (χ3n) is 13.7. The Hall–Kier alpha value is -4.95. The fourth-order valence-corrected chi connectivity index (χ4v) is 12.8. The van der Waals surface area contributed by atoms with Crippen LogP contribution < -0.4 is 43.2 Å². The Morgan fingerprint density at radius 3 is 1.56 bits per heavy atom. The summed E-state index contributed by atoms with van der Waals surface area (Å²) in [6, 6.07) is 20.8. The molecule has 68 heavy (non-hydrogen) atoms. The van der Waals surface area contributed by atoms with E-state index < -0.39 is 11.0 Å². The van der Waals surface area contributed by atoms with Crippen molar-refractivity contribution in [3.63, 3.8) is 0 Å². The van der Waals surface area contributed by atoms with Gasteiger partial charge < -0.3 is 38.5 Å². The minimum Gasteiger partial charge on any atom is -0.382 e. The standard InChI is InChI=1S/C26H32ClN7OS2.C22H24ClN7S/c1-25(2,3)37(35)33-21-17-7-5-4-6-16(17)14-26(21)9-12-34(13-10-26)19-15-31-24(23(29)32-19)36-18-8-11-30-22(28)20(18)27;23-17-15(5-8-27-19(17)25)31-21-20(26)29-16(12-28-21)30-9-6-22(7-10-30)11-13-3-1-2-4-14(13)18(22)24/h4-8,11,15,21,33H,9-10,12-14H2,1-3H3,(H2,28,30)(H2,29,32);1-5,8,12,18H,6-7,9-11,24H2,(H2,25,27)(H2,26,29)/t21-,37-;18-/m11/s1. The molecular weight excluding hydrogens is 956 g/mol. The maximum absolute atomic E-state index is 13.1. The van der Waals surface area contributed by atoms with Crippen LogP contribution in [0.4, 0.5) is 34.9 Å². The number of hydrogen-bond acceptors (Lipinski definition) is 16. The third-order valence-corrected chi connectivity index (χ3v) is 18.5. The van der Waals surface area contributed by atoms with Crippen LogP contribution in [0.1, 0.15) is 80.8 Å². The van der Waals surface area contributed by atoms with Crippen LogP contribution in [-0.2, 0) is 23.8 Å². The molecule has 20 heteroatoms. The van der Waals surface area contributed by atoms with E-state index in [2.05, 4.69) is 93.0 Å². The van der Waals surface area contributed by atoms with Gasteiger partial charge in [0.2, 0.25) is 0 Å². The molecule has 0 amide bonds. The van der Waals surface area contributed by atoms with Crippen molar-refractivity contribution in [2.24, 2.45) is 16.6 Å². The number of benzene rings is 2. The van der Waals surface area contributed by atoms with Crippen molar-refractivity contribution in [1.82, 2.24) is 34.6 Å². The van der Waals surface area contributed by atoms with Crippen molar-refractivity contribution >= 4 is 92.6 Å². The number of hydrogen-bond donors (Lipinski definition) is 6. The lowest BCUT2D eigenvalue weighted by atomic mass is 9.73. The molecule has 0 bridgehead atoms. The first-order valence-corrected chi connectivity index (χ1v) is 26.1. The fourth-order valence-electron chi connectivity index (χ4n) is 9.87. The third kappa shape index (κ3) is 9.65. The van der Waals surface area contributed by atoms with Crippen LogP contribution in [0.5, 0.6) is 0 Å². The van der Waals surface area contributed by atoms with E-state index in [0.29, 0.717) is 31.7 Å². The van der Waals surface area contributed by atoms with E-state index in [-0.39, 0.29) is 39.3 Å². The molecule has 10 rings (SSSR count). The molecule has 4 aromatic heterocycles. The van der Waals surface area contributed by atoms with Crippen molar-refractivity contribution in [3.8, 4) is 0 Å². The average molecular weight is 1010 g/mol. The van der Waals surface area contributed by atoms with Gasteiger partial charge in [-0.05, 0) is 105 Å². The number of fused-ring (bicyclic) bond motifs is 2. The number of pyridine rings is 2. The Kier molecular flexibility index (Phi) is 13.8. The van der Waals surface area contributed by atoms with E-state index >= 15 is 0 Å². The Balaban J connectivity index is 0.000000172. The van der Waals surface area contributed by atoms with Crippen molar-refractivity contribution in [3.05, 3.63) is 118 Å². The summed E-state index contributed by atoms with van der Waals surface area (Å²) >= 11 is 15.2. The summed E-state index contributed by atoms with van der Waals surface area (Å²) in [4.78, 5) is 32.3. The van der Waals surface area contributed by atoms with E-state index in [1.54, 1.807) is 36.9 Å². The van der Waals surface area contributed by atoms with E-state index in [1.165, 1.54) is 45.8 Å². The Labute approximate surface area is 418 Å². The number of nitrogens with zero attached hydrogens (tertiary/aromatic N) is 8. The molecule has 356 valence electrons. The summed E-state index contributed by atoms with van der Waals surface area (Å²) in [6.45, 7) is 9.44. The quantitative estimate of drug-likeness (QED) is 0.0838. The van der Waals surface area contributed by atoms with Gasteiger partial charge in [0.15, 0.2) is 11.6 Å². The van der Waals surface area contributed by atoms with Crippen LogP contribution in [0.25, 0.3) is 0 Å². The molecule has 0 saturated carbocycles. The molecule has 2 aliphatic carbocycles. The zero-order valence-electron chi connectivity index (χ0n) is 38.2. The van der Waals surface area contributed by atoms with Crippen LogP contribution in [0.3, 0.4) is 0 Å². The second-order valence-electron chi connectivity index (χ2n) is 18.9. The molecule has 2 spiro atoms. The smallest absolute Gasteiger partial charge is 0.158 e. The lowest BCUT2D eigenvalue weighted by Crippen LogP contribution is -2.48. The van der Waals surface area contributed by atoms with E-state index in [1.807, 2.05) is 20.8 Å². The molecule has 3 atom stereocenters. The van der Waals surface area contributed by atoms with Gasteiger partial charge in [-0.1, -0.05) is 95.3 Å². The molecule has 2 aromatic carbocycles. The van der Waals surface area contributed by atoms with E-state index in [4.69, 9.17) is 51.9 Å². The molecule has 0 radical (unpaired) electrons. The second-order valence-corrected chi connectivity index (χ2v) is 23.7. The number of nitrogens with two attached hydrogens (primary N) is 5. The molecule has 2 saturated heterocycles. The highest BCUT2D eigenvalue weighted by atomic mass is 35.5. The van der Waals surface area contributed by atoms with Gasteiger partial charge in [-0.15, -0.1) is 0 Å². The van der Waals surface area contributed by atoms with Crippen molar-refractivity contribution in [1.29, 1.82) is 0 Å². The Morgan fingerprint density at radius 1 is 0.647 bits per heavy atom. The normalized spacial score (nSPS) is 19.6. The van der Waals surface area contributed by atoms with E-state index in [0.717, 1.165) is 86.1 Å². The molecule has 6 aromatic rings. The topological polar surface area (TPSA) is 243 Å². The number of piperidine rings is 2. The monoisotopic (exact) mass is 1010 g/mol. The van der Waals surface area contributed by atoms with Gasteiger partial charge in [0.05, 0.1) is 44.2 Å². The van der Waals surface area contributed by atoms with Gasteiger partial charge in [0, 0.05) is 54.4 Å². The summed E-state index contributed by atoms with van der Waals surface area (Å²) in [5.74, 6) is 2.83. The summed E-state index contributed by atoms with van der Waals surface area (Å²) < 4.78 is 16.3. The highest BCUT2D eigenvalue weighted by molar-refractivity contribution is 7.99. The highest BCUT2D eigenvalue weighted by Crippen LogP contribution is 2.53. The van der Waals surface area contributed by atoms with Gasteiger partial charge in [-0.3, -0.25) is 0 Å². The average Bonchev–Trinajstić information content (AvgIpc) is 3.77. The molecule has 2 aliphatic heterocycles. The van der Waals surface area contributed by atoms with Gasteiger partial charge in [0.25, 0.3) is 0 Å². The van der Waals surface area contributed by atoms with Gasteiger partial charge in [0.1, 0.15) is 33.3 Å².